The van der Waals surface area contributed by atoms with Gasteiger partial charge in [-0.1, -0.05) is 0 Å². The molecule has 0 aromatic rings. The van der Waals surface area contributed by atoms with E-state index in [9.17, 15) is 0 Å². The Kier molecular flexibility index (Phi) is 1.42. The summed E-state index contributed by atoms with van der Waals surface area (Å²) in [5.41, 5.74) is 0. The van der Waals surface area contributed by atoms with Crippen LogP contribution in [0.25, 0.3) is 0 Å². The van der Waals surface area contributed by atoms with Crippen molar-refractivity contribution in [1.82, 2.24) is 0 Å². The molecule has 0 heterocycles. The van der Waals surface area contributed by atoms with Gasteiger partial charge in [0.2, 0.25) is 0 Å². The van der Waals surface area contributed by atoms with E-state index in [0.29, 0.717) is 16.7 Å². The van der Waals surface area contributed by atoms with Gasteiger partial charge in [-0.25, -0.2) is 0 Å². The minimum Gasteiger partial charge on any atom is -0.123 e. The maximum Gasteiger partial charge on any atom is 0.0407 e. The van der Waals surface area contributed by atoms with Gasteiger partial charge in [-0.15, -0.1) is 23.2 Å². The first kappa shape index (κ1) is 6.30. The fraction of sp³-hybridized carbons (Fsp3) is 1.00. The Balaban J connectivity index is 2.16. The molecular weight excluding hydrogens is 155 g/mol. The molecular formula is C7H10Cl2. The van der Waals surface area contributed by atoms with Gasteiger partial charge < -0.3 is 0 Å². The number of fused-ring (bicyclic) bond motifs is 2. The largest absolute Gasteiger partial charge is 0.123 e. The Morgan fingerprint density at radius 3 is 2.11 bits per heavy atom. The van der Waals surface area contributed by atoms with Crippen molar-refractivity contribution in [2.75, 3.05) is 0 Å². The molecule has 0 amide bonds. The topological polar surface area (TPSA) is 0 Å². The maximum absolute atomic E-state index is 6.09. The predicted molar refractivity (Wildman–Crippen MR) is 40.1 cm³/mol. The van der Waals surface area contributed by atoms with Crippen molar-refractivity contribution in [3.8, 4) is 0 Å². The van der Waals surface area contributed by atoms with Gasteiger partial charge in [-0.2, -0.15) is 0 Å². The first-order chi connectivity index (χ1) is 4.29. The van der Waals surface area contributed by atoms with Gasteiger partial charge in [-0.3, -0.25) is 0 Å². The normalized spacial score (nSPS) is 56.7. The summed E-state index contributed by atoms with van der Waals surface area (Å²) in [6.07, 6.45) is 3.76. The van der Waals surface area contributed by atoms with E-state index in [0.717, 1.165) is 5.92 Å². The van der Waals surface area contributed by atoms with E-state index in [4.69, 9.17) is 23.2 Å². The summed E-state index contributed by atoms with van der Waals surface area (Å²) in [7, 11) is 0. The smallest absolute Gasteiger partial charge is 0.0407 e. The molecule has 0 saturated heterocycles. The lowest BCUT2D eigenvalue weighted by molar-refractivity contribution is 0.487. The number of alkyl halides is 2. The van der Waals surface area contributed by atoms with Crippen LogP contribution in [0.5, 0.6) is 0 Å². The average molecular weight is 165 g/mol. The Hall–Kier alpha value is 0.580. The van der Waals surface area contributed by atoms with Crippen molar-refractivity contribution >= 4 is 23.2 Å². The quantitative estimate of drug-likeness (QED) is 0.484. The molecule has 0 N–H and O–H groups in total. The van der Waals surface area contributed by atoms with E-state index in [-0.39, 0.29) is 0 Å². The van der Waals surface area contributed by atoms with E-state index >= 15 is 0 Å². The molecule has 0 aliphatic heterocycles. The third-order valence-corrected chi connectivity index (χ3v) is 3.90. The standard InChI is InChI=1S/C7H10Cl2/c8-6-3-4-1-2-5(6)7(4)9/h4-7H,1-3H2/t4-,5+,6-,7-/m1/s1. The van der Waals surface area contributed by atoms with Crippen LogP contribution < -0.4 is 0 Å². The summed E-state index contributed by atoms with van der Waals surface area (Å²) in [4.78, 5) is 0. The number of halogens is 2. The third-order valence-electron chi connectivity index (χ3n) is 2.72. The first-order valence-corrected chi connectivity index (χ1v) is 4.44. The second-order valence-electron chi connectivity index (χ2n) is 3.20. The van der Waals surface area contributed by atoms with Crippen molar-refractivity contribution in [2.24, 2.45) is 11.8 Å². The van der Waals surface area contributed by atoms with Crippen LogP contribution in [-0.4, -0.2) is 10.8 Å². The molecule has 0 spiro atoms. The zero-order valence-corrected chi connectivity index (χ0v) is 6.70. The van der Waals surface area contributed by atoms with Crippen LogP contribution in [0.15, 0.2) is 0 Å². The number of hydrogen-bond acceptors (Lipinski definition) is 0. The Morgan fingerprint density at radius 1 is 1.11 bits per heavy atom. The molecule has 2 saturated carbocycles. The maximum atomic E-state index is 6.09. The summed E-state index contributed by atoms with van der Waals surface area (Å²) in [6, 6.07) is 0. The molecule has 2 aliphatic rings. The van der Waals surface area contributed by atoms with E-state index in [2.05, 4.69) is 0 Å². The van der Waals surface area contributed by atoms with E-state index in [1.165, 1.54) is 19.3 Å². The van der Waals surface area contributed by atoms with E-state index in [1.54, 1.807) is 0 Å². The van der Waals surface area contributed by atoms with Gasteiger partial charge in [-0.05, 0) is 31.1 Å². The number of hydrogen-bond donors (Lipinski definition) is 0. The molecule has 0 aromatic carbocycles. The zero-order chi connectivity index (χ0) is 6.43. The Labute approximate surface area is 65.5 Å². The van der Waals surface area contributed by atoms with E-state index < -0.39 is 0 Å². The first-order valence-electron chi connectivity index (χ1n) is 3.57. The van der Waals surface area contributed by atoms with E-state index in [1.807, 2.05) is 0 Å². The SMILES string of the molecule is Cl[C@@H]1[C@@H]2CC[C@H]1[C@H](Cl)C2. The lowest BCUT2D eigenvalue weighted by Crippen LogP contribution is -2.11. The number of rotatable bonds is 0. The molecule has 9 heavy (non-hydrogen) atoms. The summed E-state index contributed by atoms with van der Waals surface area (Å²) < 4.78 is 0. The molecule has 0 nitrogen and oxygen atoms in total. The monoisotopic (exact) mass is 164 g/mol. The molecule has 52 valence electrons. The molecule has 4 atom stereocenters. The summed E-state index contributed by atoms with van der Waals surface area (Å²) in [6.45, 7) is 0. The molecule has 0 aromatic heterocycles. The second-order valence-corrected chi connectivity index (χ2v) is 4.26. The Morgan fingerprint density at radius 2 is 1.89 bits per heavy atom. The second kappa shape index (κ2) is 2.03. The van der Waals surface area contributed by atoms with Crippen LogP contribution in [0, 0.1) is 11.8 Å². The van der Waals surface area contributed by atoms with Gasteiger partial charge in [0.05, 0.1) is 0 Å². The predicted octanol–water partition coefficient (Wildman–Crippen LogP) is 2.63. The van der Waals surface area contributed by atoms with Gasteiger partial charge in [0.15, 0.2) is 0 Å². The van der Waals surface area contributed by atoms with Gasteiger partial charge in [0.1, 0.15) is 0 Å². The molecule has 0 unspecified atom stereocenters. The molecule has 0 radical (unpaired) electrons. The highest BCUT2D eigenvalue weighted by Crippen LogP contribution is 2.49. The van der Waals surface area contributed by atoms with Crippen LogP contribution in [0.2, 0.25) is 0 Å². The minimum atomic E-state index is 0.395. The van der Waals surface area contributed by atoms with Gasteiger partial charge in [0, 0.05) is 10.8 Å². The van der Waals surface area contributed by atoms with Crippen molar-refractivity contribution in [3.63, 3.8) is 0 Å². The van der Waals surface area contributed by atoms with Crippen molar-refractivity contribution in [1.29, 1.82) is 0 Å². The third kappa shape index (κ3) is 0.798. The van der Waals surface area contributed by atoms with Crippen LogP contribution in [-0.2, 0) is 0 Å². The lowest BCUT2D eigenvalue weighted by Gasteiger charge is -2.13. The van der Waals surface area contributed by atoms with Crippen molar-refractivity contribution in [2.45, 2.75) is 30.0 Å². The summed E-state index contributed by atoms with van der Waals surface area (Å²) in [5.74, 6) is 1.39. The molecule has 2 rings (SSSR count). The fourth-order valence-corrected chi connectivity index (χ4v) is 3.28. The zero-order valence-electron chi connectivity index (χ0n) is 5.19. The van der Waals surface area contributed by atoms with Crippen LogP contribution >= 0.6 is 23.2 Å². The van der Waals surface area contributed by atoms with Crippen molar-refractivity contribution < 1.29 is 0 Å². The van der Waals surface area contributed by atoms with Crippen LogP contribution in [0.1, 0.15) is 19.3 Å². The fourth-order valence-electron chi connectivity index (χ4n) is 2.17. The minimum absolute atomic E-state index is 0.395. The highest BCUT2D eigenvalue weighted by molar-refractivity contribution is 6.25. The molecule has 2 aliphatic carbocycles. The van der Waals surface area contributed by atoms with Crippen molar-refractivity contribution in [3.05, 3.63) is 0 Å². The van der Waals surface area contributed by atoms with Gasteiger partial charge >= 0.3 is 0 Å². The molecule has 2 fully saturated rings. The molecule has 2 heteroatoms. The summed E-state index contributed by atoms with van der Waals surface area (Å²) in [5, 5.41) is 0.804. The highest BCUT2D eigenvalue weighted by atomic mass is 35.5. The lowest BCUT2D eigenvalue weighted by atomic mass is 10.0. The summed E-state index contributed by atoms with van der Waals surface area (Å²) >= 11 is 12.1. The molecule has 2 bridgehead atoms. The van der Waals surface area contributed by atoms with Crippen LogP contribution in [0.3, 0.4) is 0 Å². The van der Waals surface area contributed by atoms with Gasteiger partial charge in [0.25, 0.3) is 0 Å². The average Bonchev–Trinajstić information content (AvgIpc) is 2.25. The van der Waals surface area contributed by atoms with Crippen LogP contribution in [0.4, 0.5) is 0 Å². The highest BCUT2D eigenvalue weighted by Gasteiger charge is 2.46. The Bertz CT molecular complexity index is 124.